The molecule has 0 amide bonds. The van der Waals surface area contributed by atoms with Crippen LogP contribution in [-0.2, 0) is 14.3 Å². The first kappa shape index (κ1) is 11.7. The second-order valence-corrected chi connectivity index (χ2v) is 2.58. The Balaban J connectivity index is 3.51. The second kappa shape index (κ2) is 7.35. The summed E-state index contributed by atoms with van der Waals surface area (Å²) in [7, 11) is 0. The molecular formula is C10H14O3. The van der Waals surface area contributed by atoms with Crippen LogP contribution in [0, 0.1) is 12.3 Å². The van der Waals surface area contributed by atoms with Crippen molar-refractivity contribution in [3.05, 3.63) is 0 Å². The van der Waals surface area contributed by atoms with Crippen LogP contribution in [0.4, 0.5) is 0 Å². The minimum atomic E-state index is -0.451. The number of terminal acetylenes is 1. The first-order valence-electron chi connectivity index (χ1n) is 4.31. The van der Waals surface area contributed by atoms with E-state index in [0.717, 1.165) is 0 Å². The first-order chi connectivity index (χ1) is 6.20. The lowest BCUT2D eigenvalue weighted by atomic mass is 10.1. The van der Waals surface area contributed by atoms with Gasteiger partial charge < -0.3 is 4.74 Å². The zero-order valence-electron chi connectivity index (χ0n) is 7.84. The number of carbonyl (C=O) groups is 2. The maximum absolute atomic E-state index is 11.0. The van der Waals surface area contributed by atoms with Crippen LogP contribution in [0.3, 0.4) is 0 Å². The van der Waals surface area contributed by atoms with Gasteiger partial charge in [0.25, 0.3) is 0 Å². The van der Waals surface area contributed by atoms with Gasteiger partial charge in [-0.1, -0.05) is 0 Å². The van der Waals surface area contributed by atoms with Crippen molar-refractivity contribution in [1.29, 1.82) is 0 Å². The van der Waals surface area contributed by atoms with Crippen LogP contribution in [0.25, 0.3) is 0 Å². The van der Waals surface area contributed by atoms with Gasteiger partial charge in [-0.25, -0.2) is 0 Å². The topological polar surface area (TPSA) is 43.4 Å². The van der Waals surface area contributed by atoms with Gasteiger partial charge in [0.05, 0.1) is 6.61 Å². The summed E-state index contributed by atoms with van der Waals surface area (Å²) in [6.07, 6.45) is 6.47. The quantitative estimate of drug-likeness (QED) is 0.269. The van der Waals surface area contributed by atoms with E-state index >= 15 is 0 Å². The zero-order valence-corrected chi connectivity index (χ0v) is 7.84. The smallest absolute Gasteiger partial charge is 0.313 e. The Bertz CT molecular complexity index is 213. The van der Waals surface area contributed by atoms with Crippen molar-refractivity contribution in [2.45, 2.75) is 32.6 Å². The molecule has 0 bridgehead atoms. The van der Waals surface area contributed by atoms with Crippen molar-refractivity contribution in [2.24, 2.45) is 0 Å². The van der Waals surface area contributed by atoms with Crippen LogP contribution in [0.2, 0.25) is 0 Å². The van der Waals surface area contributed by atoms with Crippen molar-refractivity contribution in [3.63, 3.8) is 0 Å². The van der Waals surface area contributed by atoms with E-state index in [1.807, 2.05) is 0 Å². The number of carbonyl (C=O) groups excluding carboxylic acids is 2. The van der Waals surface area contributed by atoms with E-state index in [0.29, 0.717) is 25.9 Å². The Morgan fingerprint density at radius 1 is 1.46 bits per heavy atom. The molecule has 0 radical (unpaired) electrons. The molecule has 0 saturated heterocycles. The Hall–Kier alpha value is -1.30. The molecule has 0 atom stereocenters. The molecule has 0 aliphatic rings. The van der Waals surface area contributed by atoms with Gasteiger partial charge in [-0.05, 0) is 13.3 Å². The summed E-state index contributed by atoms with van der Waals surface area (Å²) in [6, 6.07) is 0. The van der Waals surface area contributed by atoms with Crippen molar-refractivity contribution in [1.82, 2.24) is 0 Å². The molecular weight excluding hydrogens is 168 g/mol. The van der Waals surface area contributed by atoms with E-state index in [1.54, 1.807) is 6.92 Å². The summed E-state index contributed by atoms with van der Waals surface area (Å²) in [5.74, 6) is 1.88. The molecule has 0 unspecified atom stereocenters. The number of unbranched alkanes of at least 4 members (excludes halogenated alkanes) is 1. The third-order valence-corrected chi connectivity index (χ3v) is 1.42. The molecule has 13 heavy (non-hydrogen) atoms. The number of Topliss-reactive ketones (excluding diaryl/α,β-unsaturated/α-hetero) is 1. The molecule has 0 rings (SSSR count). The lowest BCUT2D eigenvalue weighted by Crippen LogP contribution is -2.10. The molecule has 0 fully saturated rings. The Morgan fingerprint density at radius 3 is 2.69 bits per heavy atom. The van der Waals surface area contributed by atoms with Crippen LogP contribution in [0.1, 0.15) is 32.6 Å². The zero-order chi connectivity index (χ0) is 10.1. The number of hydrogen-bond donors (Lipinski definition) is 0. The lowest BCUT2D eigenvalue weighted by Gasteiger charge is -1.99. The van der Waals surface area contributed by atoms with Gasteiger partial charge in [0.15, 0.2) is 0 Å². The highest BCUT2D eigenvalue weighted by Crippen LogP contribution is 1.99. The average Bonchev–Trinajstić information content (AvgIpc) is 2.05. The summed E-state index contributed by atoms with van der Waals surface area (Å²) in [6.45, 7) is 2.02. The van der Waals surface area contributed by atoms with Crippen LogP contribution in [0.5, 0.6) is 0 Å². The summed E-state index contributed by atoms with van der Waals surface area (Å²) in [5.41, 5.74) is 0. The fraction of sp³-hybridized carbons (Fsp3) is 0.600. The van der Waals surface area contributed by atoms with Gasteiger partial charge in [0.2, 0.25) is 0 Å². The van der Waals surface area contributed by atoms with E-state index < -0.39 is 5.97 Å². The van der Waals surface area contributed by atoms with Crippen molar-refractivity contribution >= 4 is 11.8 Å². The molecule has 0 N–H and O–H groups in total. The molecule has 0 spiro atoms. The molecule has 0 aromatic heterocycles. The lowest BCUT2D eigenvalue weighted by molar-refractivity contribution is -0.145. The summed E-state index contributed by atoms with van der Waals surface area (Å²) in [5, 5.41) is 0. The van der Waals surface area contributed by atoms with Gasteiger partial charge in [0.1, 0.15) is 12.2 Å². The number of rotatable bonds is 6. The number of ether oxygens (including phenoxy) is 1. The standard InChI is InChI=1S/C10H14O3/c1-3-5-6-7-9(11)8-10(12)13-4-2/h1H,4-8H2,2H3. The fourth-order valence-corrected chi connectivity index (χ4v) is 0.849. The summed E-state index contributed by atoms with van der Waals surface area (Å²) < 4.78 is 4.62. The minimum Gasteiger partial charge on any atom is -0.466 e. The number of esters is 1. The highest BCUT2D eigenvalue weighted by atomic mass is 16.5. The minimum absolute atomic E-state index is 0.103. The maximum Gasteiger partial charge on any atom is 0.313 e. The Kier molecular flexibility index (Phi) is 6.62. The molecule has 3 heteroatoms. The first-order valence-corrected chi connectivity index (χ1v) is 4.31. The van der Waals surface area contributed by atoms with Gasteiger partial charge in [0, 0.05) is 12.8 Å². The van der Waals surface area contributed by atoms with Gasteiger partial charge in [-0.2, -0.15) is 0 Å². The van der Waals surface area contributed by atoms with Gasteiger partial charge in [-0.15, -0.1) is 12.3 Å². The van der Waals surface area contributed by atoms with Crippen LogP contribution in [-0.4, -0.2) is 18.4 Å². The molecule has 0 saturated carbocycles. The van der Waals surface area contributed by atoms with E-state index in [4.69, 9.17) is 6.42 Å². The molecule has 3 nitrogen and oxygen atoms in total. The maximum atomic E-state index is 11.0. The summed E-state index contributed by atoms with van der Waals surface area (Å²) >= 11 is 0. The van der Waals surface area contributed by atoms with Crippen molar-refractivity contribution < 1.29 is 14.3 Å². The predicted octanol–water partition coefficient (Wildman–Crippen LogP) is 1.31. The second-order valence-electron chi connectivity index (χ2n) is 2.58. The Morgan fingerprint density at radius 2 is 2.15 bits per heavy atom. The third-order valence-electron chi connectivity index (χ3n) is 1.42. The van der Waals surface area contributed by atoms with Crippen molar-refractivity contribution in [3.8, 4) is 12.3 Å². The average molecular weight is 182 g/mol. The van der Waals surface area contributed by atoms with Crippen molar-refractivity contribution in [2.75, 3.05) is 6.61 Å². The predicted molar refractivity (Wildman–Crippen MR) is 48.9 cm³/mol. The van der Waals surface area contributed by atoms with E-state index in [9.17, 15) is 9.59 Å². The number of ketones is 1. The van der Waals surface area contributed by atoms with Crippen LogP contribution < -0.4 is 0 Å². The number of hydrogen-bond acceptors (Lipinski definition) is 3. The largest absolute Gasteiger partial charge is 0.466 e. The normalized spacial score (nSPS) is 8.92. The van der Waals surface area contributed by atoms with E-state index in [-0.39, 0.29) is 12.2 Å². The molecule has 0 aromatic rings. The molecule has 0 aliphatic carbocycles. The van der Waals surface area contributed by atoms with Gasteiger partial charge in [-0.3, -0.25) is 9.59 Å². The summed E-state index contributed by atoms with van der Waals surface area (Å²) in [4.78, 5) is 21.8. The molecule has 0 aromatic carbocycles. The third kappa shape index (κ3) is 7.07. The monoisotopic (exact) mass is 182 g/mol. The van der Waals surface area contributed by atoms with E-state index in [2.05, 4.69) is 10.7 Å². The van der Waals surface area contributed by atoms with Crippen LogP contribution >= 0.6 is 0 Å². The molecule has 0 heterocycles. The Labute approximate surface area is 78.5 Å². The highest BCUT2D eigenvalue weighted by molar-refractivity contribution is 5.95. The molecule has 72 valence electrons. The van der Waals surface area contributed by atoms with E-state index in [1.165, 1.54) is 0 Å². The SMILES string of the molecule is C#CCCCC(=O)CC(=O)OCC. The van der Waals surface area contributed by atoms with Crippen LogP contribution in [0.15, 0.2) is 0 Å². The highest BCUT2D eigenvalue weighted by Gasteiger charge is 2.08. The molecule has 0 aliphatic heterocycles. The fourth-order valence-electron chi connectivity index (χ4n) is 0.849. The van der Waals surface area contributed by atoms with Gasteiger partial charge >= 0.3 is 5.97 Å².